The van der Waals surface area contributed by atoms with Crippen LogP contribution in [0.4, 0.5) is 0 Å². The van der Waals surface area contributed by atoms with E-state index in [1.807, 2.05) is 49.4 Å². The minimum absolute atomic E-state index is 0.218. The Balaban J connectivity index is 1.68. The van der Waals surface area contributed by atoms with Gasteiger partial charge in [0.05, 0.1) is 0 Å². The van der Waals surface area contributed by atoms with Gasteiger partial charge in [-0.05, 0) is 36.8 Å². The van der Waals surface area contributed by atoms with Gasteiger partial charge in [0.2, 0.25) is 6.29 Å². The molecule has 1 aliphatic rings. The summed E-state index contributed by atoms with van der Waals surface area (Å²) in [6.07, 6.45) is 3.63. The largest absolute Gasteiger partial charge is 0.459 e. The van der Waals surface area contributed by atoms with E-state index in [0.29, 0.717) is 6.42 Å². The number of halogens is 1. The molecule has 0 atom stereocenters. The number of hydrogen-bond acceptors (Lipinski definition) is 3. The zero-order valence-corrected chi connectivity index (χ0v) is 13.2. The van der Waals surface area contributed by atoms with Gasteiger partial charge in [-0.15, -0.1) is 0 Å². The van der Waals surface area contributed by atoms with Crippen LogP contribution in [0.5, 0.6) is 11.5 Å². The molecule has 1 heterocycles. The van der Waals surface area contributed by atoms with Crippen molar-refractivity contribution in [1.82, 2.24) is 0 Å². The SMILES string of the molecule is Cc1c(Br)cccc1Oc1ccc(CC2OC=CO2)cc1. The van der Waals surface area contributed by atoms with Crippen molar-refractivity contribution in [3.05, 3.63) is 70.6 Å². The van der Waals surface area contributed by atoms with E-state index in [9.17, 15) is 0 Å². The zero-order valence-electron chi connectivity index (χ0n) is 11.6. The summed E-state index contributed by atoms with van der Waals surface area (Å²) in [5.41, 5.74) is 2.22. The normalized spacial score (nSPS) is 13.8. The molecule has 108 valence electrons. The highest BCUT2D eigenvalue weighted by molar-refractivity contribution is 9.10. The maximum atomic E-state index is 5.91. The number of hydrogen-bond donors (Lipinski definition) is 0. The Morgan fingerprint density at radius 3 is 2.48 bits per heavy atom. The molecule has 21 heavy (non-hydrogen) atoms. The molecular weight excluding hydrogens is 332 g/mol. The van der Waals surface area contributed by atoms with Crippen molar-refractivity contribution in [2.45, 2.75) is 19.6 Å². The minimum Gasteiger partial charge on any atom is -0.459 e. The summed E-state index contributed by atoms with van der Waals surface area (Å²) in [6.45, 7) is 2.02. The summed E-state index contributed by atoms with van der Waals surface area (Å²) in [5.74, 6) is 1.66. The van der Waals surface area contributed by atoms with E-state index < -0.39 is 0 Å². The topological polar surface area (TPSA) is 27.7 Å². The second kappa shape index (κ2) is 6.22. The summed E-state index contributed by atoms with van der Waals surface area (Å²) in [7, 11) is 0. The van der Waals surface area contributed by atoms with E-state index in [-0.39, 0.29) is 6.29 Å². The smallest absolute Gasteiger partial charge is 0.243 e. The van der Waals surface area contributed by atoms with E-state index in [1.165, 1.54) is 0 Å². The molecule has 0 amide bonds. The van der Waals surface area contributed by atoms with Gasteiger partial charge < -0.3 is 14.2 Å². The third kappa shape index (κ3) is 3.39. The fraction of sp³-hybridized carbons (Fsp3) is 0.176. The van der Waals surface area contributed by atoms with Crippen LogP contribution in [0.2, 0.25) is 0 Å². The van der Waals surface area contributed by atoms with Crippen molar-refractivity contribution in [3.63, 3.8) is 0 Å². The summed E-state index contributed by atoms with van der Waals surface area (Å²) in [5, 5.41) is 0. The van der Waals surface area contributed by atoms with E-state index in [0.717, 1.165) is 27.1 Å². The van der Waals surface area contributed by atoms with Crippen molar-refractivity contribution in [2.75, 3.05) is 0 Å². The van der Waals surface area contributed by atoms with Gasteiger partial charge in [0.1, 0.15) is 24.0 Å². The molecule has 4 heteroatoms. The van der Waals surface area contributed by atoms with E-state index >= 15 is 0 Å². The molecule has 0 unspecified atom stereocenters. The molecule has 0 radical (unpaired) electrons. The minimum atomic E-state index is -0.218. The van der Waals surface area contributed by atoms with Crippen LogP contribution in [0, 0.1) is 6.92 Å². The van der Waals surface area contributed by atoms with Gasteiger partial charge in [-0.25, -0.2) is 0 Å². The Hall–Kier alpha value is -1.94. The fourth-order valence-corrected chi connectivity index (χ4v) is 2.43. The lowest BCUT2D eigenvalue weighted by Crippen LogP contribution is -2.10. The Labute approximate surface area is 132 Å². The van der Waals surface area contributed by atoms with Gasteiger partial charge >= 0.3 is 0 Å². The molecule has 0 aromatic heterocycles. The molecule has 0 bridgehead atoms. The van der Waals surface area contributed by atoms with Crippen LogP contribution in [0.1, 0.15) is 11.1 Å². The quantitative estimate of drug-likeness (QED) is 0.784. The average molecular weight is 347 g/mol. The van der Waals surface area contributed by atoms with Crippen molar-refractivity contribution in [1.29, 1.82) is 0 Å². The van der Waals surface area contributed by atoms with Crippen LogP contribution in [0.15, 0.2) is 59.5 Å². The predicted molar refractivity (Wildman–Crippen MR) is 84.2 cm³/mol. The van der Waals surface area contributed by atoms with Gasteiger partial charge in [0.15, 0.2) is 0 Å². The summed E-state index contributed by atoms with van der Waals surface area (Å²) < 4.78 is 17.5. The third-order valence-corrected chi connectivity index (χ3v) is 4.15. The molecule has 3 nitrogen and oxygen atoms in total. The van der Waals surface area contributed by atoms with Crippen LogP contribution in [-0.4, -0.2) is 6.29 Å². The number of ether oxygens (including phenoxy) is 3. The molecule has 1 aliphatic heterocycles. The van der Waals surface area contributed by atoms with Crippen LogP contribution in [0.25, 0.3) is 0 Å². The van der Waals surface area contributed by atoms with E-state index in [4.69, 9.17) is 14.2 Å². The van der Waals surface area contributed by atoms with Crippen molar-refractivity contribution >= 4 is 15.9 Å². The first-order valence-electron chi connectivity index (χ1n) is 6.70. The highest BCUT2D eigenvalue weighted by atomic mass is 79.9. The highest BCUT2D eigenvalue weighted by Crippen LogP contribution is 2.30. The average Bonchev–Trinajstić information content (AvgIpc) is 2.99. The Kier molecular flexibility index (Phi) is 4.15. The maximum Gasteiger partial charge on any atom is 0.243 e. The molecule has 0 saturated heterocycles. The molecule has 0 saturated carbocycles. The molecule has 0 aliphatic carbocycles. The van der Waals surface area contributed by atoms with Crippen molar-refractivity contribution in [3.8, 4) is 11.5 Å². The second-order valence-corrected chi connectivity index (χ2v) is 5.64. The van der Waals surface area contributed by atoms with Crippen molar-refractivity contribution in [2.24, 2.45) is 0 Å². The van der Waals surface area contributed by atoms with Gasteiger partial charge in [-0.3, -0.25) is 0 Å². The van der Waals surface area contributed by atoms with E-state index in [1.54, 1.807) is 12.5 Å². The molecule has 0 N–H and O–H groups in total. The lowest BCUT2D eigenvalue weighted by molar-refractivity contribution is -0.0209. The Bertz CT molecular complexity index is 642. The lowest BCUT2D eigenvalue weighted by atomic mass is 10.1. The van der Waals surface area contributed by atoms with Gasteiger partial charge in [0, 0.05) is 16.5 Å². The van der Waals surface area contributed by atoms with Gasteiger partial charge in [-0.1, -0.05) is 34.1 Å². The molecule has 0 fully saturated rings. The molecule has 0 spiro atoms. The summed E-state index contributed by atoms with van der Waals surface area (Å²) in [4.78, 5) is 0. The Morgan fingerprint density at radius 1 is 1.05 bits per heavy atom. The maximum absolute atomic E-state index is 5.91. The fourth-order valence-electron chi connectivity index (χ4n) is 2.08. The number of rotatable bonds is 4. The van der Waals surface area contributed by atoms with Crippen molar-refractivity contribution < 1.29 is 14.2 Å². The second-order valence-electron chi connectivity index (χ2n) is 4.79. The number of benzene rings is 2. The van der Waals surface area contributed by atoms with E-state index in [2.05, 4.69) is 15.9 Å². The standard InChI is InChI=1S/C17H15BrO3/c1-12-15(18)3-2-4-16(12)21-14-7-5-13(6-8-14)11-17-19-9-10-20-17/h2-10,17H,11H2,1H3. The first kappa shape index (κ1) is 14.0. The predicted octanol–water partition coefficient (Wildman–Crippen LogP) is 4.94. The monoisotopic (exact) mass is 346 g/mol. The molecule has 2 aromatic rings. The highest BCUT2D eigenvalue weighted by Gasteiger charge is 2.13. The Morgan fingerprint density at radius 2 is 1.76 bits per heavy atom. The molecule has 2 aromatic carbocycles. The molecular formula is C17H15BrO3. The van der Waals surface area contributed by atoms with Gasteiger partial charge in [-0.2, -0.15) is 0 Å². The lowest BCUT2D eigenvalue weighted by Gasteiger charge is -2.12. The zero-order chi connectivity index (χ0) is 14.7. The summed E-state index contributed by atoms with van der Waals surface area (Å²) in [6, 6.07) is 13.9. The summed E-state index contributed by atoms with van der Waals surface area (Å²) >= 11 is 3.51. The van der Waals surface area contributed by atoms with Crippen LogP contribution < -0.4 is 4.74 Å². The first-order chi connectivity index (χ1) is 10.2. The molecule has 3 rings (SSSR count). The van der Waals surface area contributed by atoms with Crippen LogP contribution in [-0.2, 0) is 15.9 Å². The van der Waals surface area contributed by atoms with Gasteiger partial charge in [0.25, 0.3) is 0 Å². The van der Waals surface area contributed by atoms with Crippen LogP contribution in [0.3, 0.4) is 0 Å². The first-order valence-corrected chi connectivity index (χ1v) is 7.49. The van der Waals surface area contributed by atoms with Crippen LogP contribution >= 0.6 is 15.9 Å². The third-order valence-electron chi connectivity index (χ3n) is 3.29.